The van der Waals surface area contributed by atoms with E-state index < -0.39 is 0 Å². The van der Waals surface area contributed by atoms with Crippen molar-refractivity contribution in [2.75, 3.05) is 12.8 Å². The zero-order valence-corrected chi connectivity index (χ0v) is 9.64. The van der Waals surface area contributed by atoms with Crippen LogP contribution in [0.5, 0.6) is 0 Å². The predicted octanol–water partition coefficient (Wildman–Crippen LogP) is 2.46. The standard InChI is InChI=1S/C11H13N3S/c1-8(12-2)13-11-7-15-10-6-4-3-5-9(10)14-11/h3-6H,7H2,1-2H3,(H,12,13,14). The number of nitrogens with zero attached hydrogens (tertiary/aromatic N) is 2. The summed E-state index contributed by atoms with van der Waals surface area (Å²) in [6, 6.07) is 8.15. The molecule has 0 fully saturated rings. The smallest absolute Gasteiger partial charge is 0.141 e. The van der Waals surface area contributed by atoms with Crippen LogP contribution < -0.4 is 5.32 Å². The molecule has 0 radical (unpaired) electrons. The molecule has 4 heteroatoms. The largest absolute Gasteiger partial charge is 0.377 e. The molecule has 0 unspecified atom stereocenters. The van der Waals surface area contributed by atoms with Gasteiger partial charge in [0.15, 0.2) is 0 Å². The van der Waals surface area contributed by atoms with Gasteiger partial charge < -0.3 is 5.32 Å². The number of rotatable bonds is 0. The number of amidine groups is 2. The summed E-state index contributed by atoms with van der Waals surface area (Å²) < 4.78 is 0. The molecule has 0 bridgehead atoms. The third kappa shape index (κ3) is 2.39. The van der Waals surface area contributed by atoms with Crippen LogP contribution in [0, 0.1) is 0 Å². The number of hydrogen-bond acceptors (Lipinski definition) is 3. The Morgan fingerprint density at radius 2 is 2.27 bits per heavy atom. The summed E-state index contributed by atoms with van der Waals surface area (Å²) in [5, 5.41) is 3.00. The highest BCUT2D eigenvalue weighted by molar-refractivity contribution is 8.00. The molecule has 0 aliphatic carbocycles. The van der Waals surface area contributed by atoms with Crippen LogP contribution in [0.3, 0.4) is 0 Å². The number of benzene rings is 1. The Morgan fingerprint density at radius 3 is 3.07 bits per heavy atom. The summed E-state index contributed by atoms with van der Waals surface area (Å²) >= 11 is 1.78. The van der Waals surface area contributed by atoms with Gasteiger partial charge in [0.25, 0.3) is 0 Å². The van der Waals surface area contributed by atoms with E-state index in [1.54, 1.807) is 11.8 Å². The molecule has 0 spiro atoms. The van der Waals surface area contributed by atoms with Crippen molar-refractivity contribution in [2.24, 2.45) is 9.98 Å². The van der Waals surface area contributed by atoms with Crippen LogP contribution in [0.25, 0.3) is 0 Å². The molecule has 2 rings (SSSR count). The third-order valence-corrected chi connectivity index (χ3v) is 3.19. The maximum Gasteiger partial charge on any atom is 0.141 e. The lowest BCUT2D eigenvalue weighted by Gasteiger charge is -2.12. The van der Waals surface area contributed by atoms with Gasteiger partial charge in [-0.1, -0.05) is 12.1 Å². The molecule has 1 aliphatic heterocycles. The Hall–Kier alpha value is -1.29. The van der Waals surface area contributed by atoms with Crippen LogP contribution in [0.2, 0.25) is 0 Å². The van der Waals surface area contributed by atoms with E-state index in [-0.39, 0.29) is 0 Å². The number of aliphatic imine (C=N–C) groups is 2. The lowest BCUT2D eigenvalue weighted by Crippen LogP contribution is -2.17. The molecular formula is C11H13N3S. The van der Waals surface area contributed by atoms with Crippen molar-refractivity contribution in [2.45, 2.75) is 11.8 Å². The number of para-hydroxylation sites is 1. The van der Waals surface area contributed by atoms with Gasteiger partial charge in [-0.3, -0.25) is 0 Å². The minimum absolute atomic E-state index is 0.843. The molecule has 0 saturated heterocycles. The van der Waals surface area contributed by atoms with E-state index in [2.05, 4.69) is 21.4 Å². The second-order valence-corrected chi connectivity index (χ2v) is 4.25. The maximum absolute atomic E-state index is 4.50. The summed E-state index contributed by atoms with van der Waals surface area (Å²) in [6.45, 7) is 1.94. The van der Waals surface area contributed by atoms with E-state index in [4.69, 9.17) is 0 Å². The van der Waals surface area contributed by atoms with Gasteiger partial charge in [0.1, 0.15) is 11.7 Å². The SMILES string of the molecule is CN/C(C)=N/C1=Nc2ccccc2SC1. The highest BCUT2D eigenvalue weighted by Crippen LogP contribution is 2.33. The Morgan fingerprint density at radius 1 is 1.47 bits per heavy atom. The van der Waals surface area contributed by atoms with Crippen molar-refractivity contribution >= 4 is 29.1 Å². The lowest BCUT2D eigenvalue weighted by molar-refractivity contribution is 1.15. The molecule has 0 atom stereocenters. The first-order valence-electron chi connectivity index (χ1n) is 4.82. The third-order valence-electron chi connectivity index (χ3n) is 2.13. The number of hydrogen-bond donors (Lipinski definition) is 1. The van der Waals surface area contributed by atoms with Gasteiger partial charge in [-0.25, -0.2) is 9.98 Å². The Balaban J connectivity index is 2.29. The molecule has 3 nitrogen and oxygen atoms in total. The summed E-state index contributed by atoms with van der Waals surface area (Å²) in [6.07, 6.45) is 0. The lowest BCUT2D eigenvalue weighted by atomic mass is 10.3. The first kappa shape index (κ1) is 10.2. The average Bonchev–Trinajstić information content (AvgIpc) is 2.29. The quantitative estimate of drug-likeness (QED) is 0.537. The van der Waals surface area contributed by atoms with Gasteiger partial charge in [-0.05, 0) is 19.1 Å². The minimum Gasteiger partial charge on any atom is -0.377 e. The van der Waals surface area contributed by atoms with Crippen LogP contribution in [0.15, 0.2) is 39.1 Å². The number of thioether (sulfide) groups is 1. The van der Waals surface area contributed by atoms with Crippen molar-refractivity contribution in [1.82, 2.24) is 5.32 Å². The molecule has 0 aromatic heterocycles. The minimum atomic E-state index is 0.843. The van der Waals surface area contributed by atoms with E-state index in [0.717, 1.165) is 23.1 Å². The normalized spacial score (nSPS) is 15.6. The van der Waals surface area contributed by atoms with E-state index >= 15 is 0 Å². The fraction of sp³-hybridized carbons (Fsp3) is 0.273. The molecule has 1 heterocycles. The molecule has 1 aliphatic rings. The summed E-state index contributed by atoms with van der Waals surface area (Å²) in [4.78, 5) is 10.1. The fourth-order valence-corrected chi connectivity index (χ4v) is 2.14. The Labute approximate surface area is 93.7 Å². The monoisotopic (exact) mass is 219 g/mol. The maximum atomic E-state index is 4.50. The Bertz CT molecular complexity index is 424. The first-order valence-corrected chi connectivity index (χ1v) is 5.80. The second-order valence-electron chi connectivity index (χ2n) is 3.23. The van der Waals surface area contributed by atoms with Crippen LogP contribution in [0.4, 0.5) is 5.69 Å². The molecule has 1 aromatic rings. The summed E-state index contributed by atoms with van der Waals surface area (Å²) in [7, 11) is 1.86. The molecule has 0 saturated carbocycles. The van der Waals surface area contributed by atoms with Crippen molar-refractivity contribution in [3.05, 3.63) is 24.3 Å². The highest BCUT2D eigenvalue weighted by Gasteiger charge is 2.10. The average molecular weight is 219 g/mol. The molecular weight excluding hydrogens is 206 g/mol. The van der Waals surface area contributed by atoms with Gasteiger partial charge in [-0.15, -0.1) is 11.8 Å². The van der Waals surface area contributed by atoms with Gasteiger partial charge >= 0.3 is 0 Å². The number of fused-ring (bicyclic) bond motifs is 1. The van der Waals surface area contributed by atoms with Crippen molar-refractivity contribution < 1.29 is 0 Å². The molecule has 1 N–H and O–H groups in total. The summed E-state index contributed by atoms with van der Waals surface area (Å²) in [5.74, 6) is 2.62. The number of nitrogens with one attached hydrogen (secondary N) is 1. The van der Waals surface area contributed by atoms with Crippen molar-refractivity contribution in [3.8, 4) is 0 Å². The van der Waals surface area contributed by atoms with Crippen molar-refractivity contribution in [3.63, 3.8) is 0 Å². The van der Waals surface area contributed by atoms with Gasteiger partial charge in [-0.2, -0.15) is 0 Å². The molecule has 78 valence electrons. The summed E-state index contributed by atoms with van der Waals surface area (Å²) in [5.41, 5.74) is 1.02. The van der Waals surface area contributed by atoms with Gasteiger partial charge in [0, 0.05) is 11.9 Å². The predicted molar refractivity (Wildman–Crippen MR) is 66.4 cm³/mol. The zero-order valence-electron chi connectivity index (χ0n) is 8.82. The van der Waals surface area contributed by atoms with Crippen LogP contribution in [-0.4, -0.2) is 24.5 Å². The van der Waals surface area contributed by atoms with Crippen molar-refractivity contribution in [1.29, 1.82) is 0 Å². The van der Waals surface area contributed by atoms with E-state index in [9.17, 15) is 0 Å². The van der Waals surface area contributed by atoms with Crippen LogP contribution >= 0.6 is 11.8 Å². The Kier molecular flexibility index (Phi) is 3.06. The zero-order chi connectivity index (χ0) is 10.7. The van der Waals surface area contributed by atoms with E-state index in [0.29, 0.717) is 0 Å². The fourth-order valence-electron chi connectivity index (χ4n) is 1.29. The first-order chi connectivity index (χ1) is 7.29. The van der Waals surface area contributed by atoms with Crippen LogP contribution in [-0.2, 0) is 0 Å². The van der Waals surface area contributed by atoms with E-state index in [1.165, 1.54) is 4.90 Å². The topological polar surface area (TPSA) is 36.8 Å². The highest BCUT2D eigenvalue weighted by atomic mass is 32.2. The molecule has 1 aromatic carbocycles. The van der Waals surface area contributed by atoms with E-state index in [1.807, 2.05) is 32.2 Å². The van der Waals surface area contributed by atoms with Crippen LogP contribution in [0.1, 0.15) is 6.92 Å². The second kappa shape index (κ2) is 4.49. The molecule has 0 amide bonds. The van der Waals surface area contributed by atoms with Gasteiger partial charge in [0.2, 0.25) is 0 Å². The molecule has 15 heavy (non-hydrogen) atoms. The van der Waals surface area contributed by atoms with Gasteiger partial charge in [0.05, 0.1) is 11.4 Å².